The van der Waals surface area contributed by atoms with Crippen molar-refractivity contribution in [2.45, 2.75) is 24.3 Å². The molecule has 3 rings (SSSR count). The van der Waals surface area contributed by atoms with Crippen LogP contribution in [-0.4, -0.2) is 25.3 Å². The van der Waals surface area contributed by atoms with E-state index in [1.165, 1.54) is 5.56 Å². The van der Waals surface area contributed by atoms with Crippen molar-refractivity contribution < 1.29 is 9.53 Å². The highest BCUT2D eigenvalue weighted by molar-refractivity contribution is 7.98. The number of benzene rings is 2. The minimum atomic E-state index is 0.00181. The number of anilines is 1. The first kappa shape index (κ1) is 15.0. The van der Waals surface area contributed by atoms with Gasteiger partial charge >= 0.3 is 0 Å². The van der Waals surface area contributed by atoms with Crippen molar-refractivity contribution in [1.29, 1.82) is 0 Å². The second kappa shape index (κ2) is 6.05. The number of carbonyl (C=O) groups excluding carboxylic acids is 1. The average molecular weight is 313 g/mol. The molecule has 1 aliphatic rings. The number of carbonyl (C=O) groups is 1. The lowest BCUT2D eigenvalue weighted by Gasteiger charge is -2.23. The molecule has 2 aromatic rings. The van der Waals surface area contributed by atoms with Crippen LogP contribution in [-0.2, 0) is 6.42 Å². The van der Waals surface area contributed by atoms with Gasteiger partial charge in [0.1, 0.15) is 5.75 Å². The third kappa shape index (κ3) is 2.48. The summed E-state index contributed by atoms with van der Waals surface area (Å²) in [7, 11) is 1.61. The van der Waals surface area contributed by atoms with Crippen LogP contribution in [0.2, 0.25) is 0 Å². The van der Waals surface area contributed by atoms with Crippen molar-refractivity contribution in [1.82, 2.24) is 0 Å². The Balaban J connectivity index is 2.01. The molecule has 2 aromatic carbocycles. The van der Waals surface area contributed by atoms with E-state index in [1.54, 1.807) is 18.9 Å². The molecule has 0 aliphatic carbocycles. The highest BCUT2D eigenvalue weighted by atomic mass is 32.2. The van der Waals surface area contributed by atoms with Gasteiger partial charge in [0.2, 0.25) is 0 Å². The van der Waals surface area contributed by atoms with Crippen molar-refractivity contribution in [3.63, 3.8) is 0 Å². The van der Waals surface area contributed by atoms with Gasteiger partial charge < -0.3 is 9.64 Å². The Labute approximate surface area is 135 Å². The van der Waals surface area contributed by atoms with Gasteiger partial charge in [-0.05, 0) is 49.4 Å². The molecule has 0 fully saturated rings. The van der Waals surface area contributed by atoms with E-state index in [0.29, 0.717) is 11.3 Å². The van der Waals surface area contributed by atoms with Crippen LogP contribution in [0.4, 0.5) is 5.69 Å². The van der Waals surface area contributed by atoms with Crippen molar-refractivity contribution >= 4 is 23.4 Å². The molecule has 1 amide bonds. The first-order valence-electron chi connectivity index (χ1n) is 7.29. The lowest BCUT2D eigenvalue weighted by Crippen LogP contribution is -2.35. The number of rotatable bonds is 3. The first-order valence-corrected chi connectivity index (χ1v) is 8.51. The van der Waals surface area contributed by atoms with Crippen molar-refractivity contribution in [3.05, 3.63) is 53.6 Å². The number of ether oxygens (including phenoxy) is 1. The van der Waals surface area contributed by atoms with E-state index in [0.717, 1.165) is 17.0 Å². The molecular weight excluding hydrogens is 294 g/mol. The van der Waals surface area contributed by atoms with E-state index in [-0.39, 0.29) is 11.9 Å². The average Bonchev–Trinajstić information content (AvgIpc) is 2.89. The highest BCUT2D eigenvalue weighted by Crippen LogP contribution is 2.35. The predicted molar refractivity (Wildman–Crippen MR) is 91.2 cm³/mol. The highest BCUT2D eigenvalue weighted by Gasteiger charge is 2.32. The van der Waals surface area contributed by atoms with E-state index in [1.807, 2.05) is 47.6 Å². The van der Waals surface area contributed by atoms with Gasteiger partial charge in [-0.15, -0.1) is 11.8 Å². The number of nitrogens with zero attached hydrogens (tertiary/aromatic N) is 1. The van der Waals surface area contributed by atoms with Gasteiger partial charge in [0, 0.05) is 16.6 Å². The van der Waals surface area contributed by atoms with Gasteiger partial charge in [0.25, 0.3) is 5.91 Å². The monoisotopic (exact) mass is 313 g/mol. The lowest BCUT2D eigenvalue weighted by atomic mass is 10.1. The molecule has 0 radical (unpaired) electrons. The third-order valence-electron chi connectivity index (χ3n) is 4.07. The smallest absolute Gasteiger partial charge is 0.262 e. The van der Waals surface area contributed by atoms with Gasteiger partial charge in [-0.3, -0.25) is 4.79 Å². The standard InChI is InChI=1S/C18H19NO2S/c1-12-10-13-6-4-5-7-16(13)19(12)18(20)15-9-8-14(22-3)11-17(15)21-2/h4-9,11-12H,10H2,1-3H3/t12-/m1/s1. The number of thioether (sulfide) groups is 1. The van der Waals surface area contributed by atoms with Crippen molar-refractivity contribution in [3.8, 4) is 5.75 Å². The molecular formula is C18H19NO2S. The zero-order valence-corrected chi connectivity index (χ0v) is 13.8. The zero-order chi connectivity index (χ0) is 15.7. The molecule has 1 atom stereocenters. The Bertz CT molecular complexity index is 714. The summed E-state index contributed by atoms with van der Waals surface area (Å²) >= 11 is 1.64. The third-order valence-corrected chi connectivity index (χ3v) is 4.79. The number of hydrogen-bond acceptors (Lipinski definition) is 3. The molecule has 114 valence electrons. The summed E-state index contributed by atoms with van der Waals surface area (Å²) in [6.07, 6.45) is 2.90. The summed E-state index contributed by atoms with van der Waals surface area (Å²) in [6, 6.07) is 14.0. The van der Waals surface area contributed by atoms with Gasteiger partial charge in [-0.1, -0.05) is 18.2 Å². The number of para-hydroxylation sites is 1. The topological polar surface area (TPSA) is 29.5 Å². The zero-order valence-electron chi connectivity index (χ0n) is 13.0. The summed E-state index contributed by atoms with van der Waals surface area (Å²) in [5.74, 6) is 0.635. The molecule has 0 N–H and O–H groups in total. The lowest BCUT2D eigenvalue weighted by molar-refractivity contribution is 0.0978. The number of methoxy groups -OCH3 is 1. The normalized spacial score (nSPS) is 16.5. The Hall–Kier alpha value is -1.94. The molecule has 3 nitrogen and oxygen atoms in total. The van der Waals surface area contributed by atoms with E-state index in [9.17, 15) is 4.79 Å². The van der Waals surface area contributed by atoms with Crippen LogP contribution in [0.1, 0.15) is 22.8 Å². The van der Waals surface area contributed by atoms with Crippen LogP contribution >= 0.6 is 11.8 Å². The van der Waals surface area contributed by atoms with E-state index in [4.69, 9.17) is 4.74 Å². The minimum Gasteiger partial charge on any atom is -0.496 e. The number of hydrogen-bond donors (Lipinski definition) is 0. The first-order chi connectivity index (χ1) is 10.7. The van der Waals surface area contributed by atoms with Crippen LogP contribution < -0.4 is 9.64 Å². The van der Waals surface area contributed by atoms with Gasteiger partial charge in [0.05, 0.1) is 12.7 Å². The van der Waals surface area contributed by atoms with Crippen LogP contribution in [0.5, 0.6) is 5.75 Å². The van der Waals surface area contributed by atoms with Crippen LogP contribution in [0.25, 0.3) is 0 Å². The Morgan fingerprint density at radius 3 is 2.77 bits per heavy atom. The van der Waals surface area contributed by atoms with Gasteiger partial charge in [-0.2, -0.15) is 0 Å². The van der Waals surface area contributed by atoms with Crippen molar-refractivity contribution in [2.24, 2.45) is 0 Å². The van der Waals surface area contributed by atoms with Crippen molar-refractivity contribution in [2.75, 3.05) is 18.3 Å². The van der Waals surface area contributed by atoms with E-state index in [2.05, 4.69) is 13.0 Å². The van der Waals surface area contributed by atoms with Crippen LogP contribution in [0, 0.1) is 0 Å². The molecule has 22 heavy (non-hydrogen) atoms. The summed E-state index contributed by atoms with van der Waals surface area (Å²) in [5, 5.41) is 0. The summed E-state index contributed by atoms with van der Waals surface area (Å²) < 4.78 is 5.43. The maximum Gasteiger partial charge on any atom is 0.262 e. The summed E-state index contributed by atoms with van der Waals surface area (Å²) in [6.45, 7) is 2.08. The molecule has 0 saturated carbocycles. The molecule has 1 heterocycles. The number of fused-ring (bicyclic) bond motifs is 1. The van der Waals surface area contributed by atoms with Gasteiger partial charge in [-0.25, -0.2) is 0 Å². The molecule has 1 aliphatic heterocycles. The Morgan fingerprint density at radius 1 is 1.27 bits per heavy atom. The Morgan fingerprint density at radius 2 is 2.05 bits per heavy atom. The maximum atomic E-state index is 13.0. The number of amides is 1. The molecule has 0 bridgehead atoms. The molecule has 4 heteroatoms. The van der Waals surface area contributed by atoms with Crippen LogP contribution in [0.15, 0.2) is 47.4 Å². The van der Waals surface area contributed by atoms with E-state index >= 15 is 0 Å². The Kier molecular flexibility index (Phi) is 4.12. The molecule has 0 saturated heterocycles. The van der Waals surface area contributed by atoms with Crippen LogP contribution in [0.3, 0.4) is 0 Å². The second-order valence-electron chi connectivity index (χ2n) is 5.42. The van der Waals surface area contributed by atoms with E-state index < -0.39 is 0 Å². The maximum absolute atomic E-state index is 13.0. The minimum absolute atomic E-state index is 0.00181. The predicted octanol–water partition coefficient (Wildman–Crippen LogP) is 4.01. The molecule has 0 unspecified atom stereocenters. The fourth-order valence-electron chi connectivity index (χ4n) is 2.98. The summed E-state index contributed by atoms with van der Waals surface area (Å²) in [4.78, 5) is 16.0. The van der Waals surface area contributed by atoms with Gasteiger partial charge in [0.15, 0.2) is 0 Å². The fourth-order valence-corrected chi connectivity index (χ4v) is 3.41. The molecule has 0 spiro atoms. The quantitative estimate of drug-likeness (QED) is 0.802. The summed E-state index contributed by atoms with van der Waals surface area (Å²) in [5.41, 5.74) is 2.85. The SMILES string of the molecule is COc1cc(SC)ccc1C(=O)N1c2ccccc2C[C@H]1C. The molecule has 0 aromatic heterocycles. The second-order valence-corrected chi connectivity index (χ2v) is 6.30. The fraction of sp³-hybridized carbons (Fsp3) is 0.278. The largest absolute Gasteiger partial charge is 0.496 e.